The minimum Gasteiger partial charge on any atom is -0.497 e. The van der Waals surface area contributed by atoms with Crippen molar-refractivity contribution >= 4 is 22.6 Å². The van der Waals surface area contributed by atoms with Gasteiger partial charge in [-0.1, -0.05) is 36.8 Å². The lowest BCUT2D eigenvalue weighted by molar-refractivity contribution is 0.328. The lowest BCUT2D eigenvalue weighted by atomic mass is 9.61. The van der Waals surface area contributed by atoms with E-state index < -0.39 is 0 Å². The van der Waals surface area contributed by atoms with Crippen LogP contribution < -0.4 is 4.74 Å². The Morgan fingerprint density at radius 1 is 0.966 bits per heavy atom. The smallest absolute Gasteiger partial charge is 0.137 e. The Bertz CT molecular complexity index is 1260. The molecule has 0 unspecified atom stereocenters. The molecule has 0 bridgehead atoms. The molecule has 1 spiro atoms. The molecular weight excluding hydrogens is 356 g/mol. The predicted octanol–water partition coefficient (Wildman–Crippen LogP) is 6.01. The number of ether oxygens (including phenoxy) is 1. The molecule has 3 nitrogen and oxygen atoms in total. The number of nitrogens with zero attached hydrogens (tertiary/aromatic N) is 2. The largest absolute Gasteiger partial charge is 0.497 e. The van der Waals surface area contributed by atoms with Gasteiger partial charge in [0.05, 0.1) is 18.3 Å². The number of fused-ring (bicyclic) bond motifs is 3. The molecular formula is C26H22N2O. The number of rotatable bonds is 3. The molecule has 0 aliphatic heterocycles. The zero-order chi connectivity index (χ0) is 19.4. The quantitative estimate of drug-likeness (QED) is 0.436. The molecule has 29 heavy (non-hydrogen) atoms. The molecule has 2 aliphatic carbocycles. The summed E-state index contributed by atoms with van der Waals surface area (Å²) in [5.74, 6) is 1.91. The monoisotopic (exact) mass is 378 g/mol. The number of benzene rings is 2. The van der Waals surface area contributed by atoms with Crippen molar-refractivity contribution in [1.82, 2.24) is 9.55 Å². The van der Waals surface area contributed by atoms with Gasteiger partial charge in [-0.05, 0) is 72.0 Å². The Balaban J connectivity index is 1.62. The number of para-hydroxylation sites is 1. The van der Waals surface area contributed by atoms with E-state index in [9.17, 15) is 0 Å². The van der Waals surface area contributed by atoms with E-state index in [0.29, 0.717) is 0 Å². The number of pyridine rings is 1. The van der Waals surface area contributed by atoms with Gasteiger partial charge in [-0.15, -0.1) is 0 Å². The lowest BCUT2D eigenvalue weighted by Crippen LogP contribution is -2.34. The van der Waals surface area contributed by atoms with E-state index in [1.165, 1.54) is 52.6 Å². The first kappa shape index (κ1) is 16.6. The Morgan fingerprint density at radius 3 is 2.59 bits per heavy atom. The fourth-order valence-electron chi connectivity index (χ4n) is 5.12. The zero-order valence-corrected chi connectivity index (χ0v) is 16.4. The van der Waals surface area contributed by atoms with E-state index in [2.05, 4.69) is 76.3 Å². The molecule has 2 heterocycles. The standard InChI is InChI=1S/C26H22N2O/c1-29-20-11-10-18-15-22(26(12-6-13-26)21(18)17-20)24-16-19-7-2-3-8-23(19)28(24)25-9-4-5-14-27-25/h2-5,7-11,14-17H,6,12-13H2,1H3. The van der Waals surface area contributed by atoms with Gasteiger partial charge in [0.2, 0.25) is 0 Å². The van der Waals surface area contributed by atoms with Crippen LogP contribution in [-0.2, 0) is 5.41 Å². The highest BCUT2D eigenvalue weighted by Gasteiger charge is 2.47. The maximum absolute atomic E-state index is 5.55. The van der Waals surface area contributed by atoms with Crippen molar-refractivity contribution in [2.45, 2.75) is 24.7 Å². The van der Waals surface area contributed by atoms with Gasteiger partial charge in [-0.2, -0.15) is 0 Å². The number of aromatic nitrogens is 2. The summed E-state index contributed by atoms with van der Waals surface area (Å²) in [6.07, 6.45) is 7.89. The summed E-state index contributed by atoms with van der Waals surface area (Å²) in [5, 5.41) is 1.25. The SMILES string of the molecule is COc1ccc2c(c1)C1(CCC1)C(c1cc3ccccc3n1-c1ccccn1)=C2. The van der Waals surface area contributed by atoms with Gasteiger partial charge in [0.25, 0.3) is 0 Å². The molecule has 2 aromatic carbocycles. The molecule has 1 saturated carbocycles. The molecule has 6 rings (SSSR count). The van der Waals surface area contributed by atoms with Crippen LogP contribution in [0.4, 0.5) is 0 Å². The Labute approximate surface area is 170 Å². The average molecular weight is 378 g/mol. The van der Waals surface area contributed by atoms with Crippen LogP contribution in [0.2, 0.25) is 0 Å². The van der Waals surface area contributed by atoms with Crippen LogP contribution >= 0.6 is 0 Å². The number of hydrogen-bond donors (Lipinski definition) is 0. The highest BCUT2D eigenvalue weighted by Crippen LogP contribution is 2.59. The second-order valence-corrected chi connectivity index (χ2v) is 8.06. The minimum absolute atomic E-state index is 0.0881. The summed E-state index contributed by atoms with van der Waals surface area (Å²) < 4.78 is 7.87. The van der Waals surface area contributed by atoms with Crippen molar-refractivity contribution in [1.29, 1.82) is 0 Å². The maximum Gasteiger partial charge on any atom is 0.137 e. The van der Waals surface area contributed by atoms with Gasteiger partial charge < -0.3 is 4.74 Å². The summed E-state index contributed by atoms with van der Waals surface area (Å²) in [7, 11) is 1.75. The normalized spacial score (nSPS) is 16.5. The highest BCUT2D eigenvalue weighted by atomic mass is 16.5. The van der Waals surface area contributed by atoms with Crippen LogP contribution in [0.5, 0.6) is 5.75 Å². The number of hydrogen-bond acceptors (Lipinski definition) is 2. The van der Waals surface area contributed by atoms with Gasteiger partial charge in [0.1, 0.15) is 11.6 Å². The van der Waals surface area contributed by atoms with Crippen molar-refractivity contribution in [3.05, 3.63) is 89.7 Å². The first-order chi connectivity index (χ1) is 14.3. The first-order valence-electron chi connectivity index (χ1n) is 10.2. The van der Waals surface area contributed by atoms with Gasteiger partial charge in [0.15, 0.2) is 0 Å². The topological polar surface area (TPSA) is 27.1 Å². The first-order valence-corrected chi connectivity index (χ1v) is 10.2. The average Bonchev–Trinajstić information content (AvgIpc) is 3.29. The maximum atomic E-state index is 5.55. The van der Waals surface area contributed by atoms with Gasteiger partial charge in [0, 0.05) is 17.0 Å². The third-order valence-corrected chi connectivity index (χ3v) is 6.66. The molecule has 0 saturated heterocycles. The third kappa shape index (κ3) is 2.27. The summed E-state index contributed by atoms with van der Waals surface area (Å²) >= 11 is 0. The molecule has 2 aliphatic rings. The van der Waals surface area contributed by atoms with Crippen LogP contribution in [0.3, 0.4) is 0 Å². The van der Waals surface area contributed by atoms with Crippen molar-refractivity contribution in [2.75, 3.05) is 7.11 Å². The second kappa shape index (κ2) is 6.08. The molecule has 0 atom stereocenters. The molecule has 4 aromatic rings. The predicted molar refractivity (Wildman–Crippen MR) is 117 cm³/mol. The van der Waals surface area contributed by atoms with Crippen LogP contribution in [0, 0.1) is 0 Å². The summed E-state index contributed by atoms with van der Waals surface area (Å²) in [6.45, 7) is 0. The van der Waals surface area contributed by atoms with E-state index in [0.717, 1.165) is 11.6 Å². The van der Waals surface area contributed by atoms with Crippen LogP contribution in [0.1, 0.15) is 36.1 Å². The molecule has 0 N–H and O–H groups in total. The molecule has 2 aromatic heterocycles. The molecule has 3 heteroatoms. The van der Waals surface area contributed by atoms with E-state index in [1.54, 1.807) is 7.11 Å². The fourth-order valence-corrected chi connectivity index (χ4v) is 5.12. The van der Waals surface area contributed by atoms with Gasteiger partial charge in [-0.25, -0.2) is 4.98 Å². The molecule has 0 amide bonds. The molecule has 142 valence electrons. The summed E-state index contributed by atoms with van der Waals surface area (Å²) in [5.41, 5.74) is 6.68. The fraction of sp³-hybridized carbons (Fsp3) is 0.192. The van der Waals surface area contributed by atoms with Crippen LogP contribution in [0.25, 0.3) is 28.4 Å². The van der Waals surface area contributed by atoms with Crippen molar-refractivity contribution in [3.8, 4) is 11.6 Å². The third-order valence-electron chi connectivity index (χ3n) is 6.66. The van der Waals surface area contributed by atoms with E-state index in [1.807, 2.05) is 12.3 Å². The summed E-state index contributed by atoms with van der Waals surface area (Å²) in [6, 6.07) is 23.6. The molecule has 1 fully saturated rings. The number of allylic oxidation sites excluding steroid dienone is 1. The Morgan fingerprint density at radius 2 is 1.83 bits per heavy atom. The van der Waals surface area contributed by atoms with Crippen LogP contribution in [-0.4, -0.2) is 16.7 Å². The van der Waals surface area contributed by atoms with Crippen molar-refractivity contribution < 1.29 is 4.74 Å². The van der Waals surface area contributed by atoms with E-state index in [4.69, 9.17) is 4.74 Å². The van der Waals surface area contributed by atoms with E-state index in [-0.39, 0.29) is 5.41 Å². The van der Waals surface area contributed by atoms with Crippen LogP contribution in [0.15, 0.2) is 72.9 Å². The Hall–Kier alpha value is -3.33. The van der Waals surface area contributed by atoms with Crippen molar-refractivity contribution in [3.63, 3.8) is 0 Å². The van der Waals surface area contributed by atoms with Gasteiger partial charge >= 0.3 is 0 Å². The zero-order valence-electron chi connectivity index (χ0n) is 16.4. The minimum atomic E-state index is 0.0881. The summed E-state index contributed by atoms with van der Waals surface area (Å²) in [4.78, 5) is 4.69. The highest BCUT2D eigenvalue weighted by molar-refractivity contribution is 5.98. The Kier molecular flexibility index (Phi) is 3.48. The second-order valence-electron chi connectivity index (χ2n) is 8.06. The van der Waals surface area contributed by atoms with Crippen molar-refractivity contribution in [2.24, 2.45) is 0 Å². The van der Waals surface area contributed by atoms with Gasteiger partial charge in [-0.3, -0.25) is 4.57 Å². The molecule has 0 radical (unpaired) electrons. The van der Waals surface area contributed by atoms with E-state index >= 15 is 0 Å². The lowest BCUT2D eigenvalue weighted by Gasteiger charge is -2.42. The number of methoxy groups -OCH3 is 1.